The number of carbonyl (C=O) groups is 2. The monoisotopic (exact) mass is 414 g/mol. The number of halogens is 1. The van der Waals surface area contributed by atoms with Gasteiger partial charge >= 0.3 is 5.97 Å². The Morgan fingerprint density at radius 2 is 2.00 bits per heavy atom. The van der Waals surface area contributed by atoms with Crippen LogP contribution in [0.15, 0.2) is 24.3 Å². The number of aromatic nitrogens is 2. The van der Waals surface area contributed by atoms with Gasteiger partial charge in [0.15, 0.2) is 0 Å². The average molecular weight is 414 g/mol. The summed E-state index contributed by atoms with van der Waals surface area (Å²) in [5.74, 6) is -0.838. The molecule has 2 aliphatic rings. The van der Waals surface area contributed by atoms with E-state index in [9.17, 15) is 14.0 Å². The summed E-state index contributed by atoms with van der Waals surface area (Å²) in [6, 6.07) is 6.40. The Morgan fingerprint density at radius 3 is 2.73 bits per heavy atom. The van der Waals surface area contributed by atoms with Gasteiger partial charge < -0.3 is 10.0 Å². The summed E-state index contributed by atoms with van der Waals surface area (Å²) >= 11 is 0. The number of carboxylic acids is 1. The van der Waals surface area contributed by atoms with E-state index in [2.05, 4.69) is 10.00 Å². The van der Waals surface area contributed by atoms with Gasteiger partial charge in [-0.2, -0.15) is 5.10 Å². The Labute approximate surface area is 175 Å². The predicted molar refractivity (Wildman–Crippen MR) is 108 cm³/mol. The van der Waals surface area contributed by atoms with Crippen LogP contribution < -0.4 is 0 Å². The van der Waals surface area contributed by atoms with Crippen LogP contribution in [-0.4, -0.2) is 62.7 Å². The molecule has 2 aliphatic heterocycles. The van der Waals surface area contributed by atoms with E-state index in [1.54, 1.807) is 12.1 Å². The zero-order chi connectivity index (χ0) is 21.3. The van der Waals surface area contributed by atoms with Crippen LogP contribution in [-0.2, 0) is 29.1 Å². The van der Waals surface area contributed by atoms with Crippen LogP contribution in [0.2, 0.25) is 0 Å². The van der Waals surface area contributed by atoms with Crippen molar-refractivity contribution in [2.24, 2.45) is 5.92 Å². The first-order valence-electron chi connectivity index (χ1n) is 10.4. The molecule has 160 valence electrons. The maximum atomic E-state index is 13.2. The number of carboxylic acid groups (broad SMARTS) is 1. The summed E-state index contributed by atoms with van der Waals surface area (Å²) in [4.78, 5) is 27.7. The number of benzene rings is 1. The van der Waals surface area contributed by atoms with Crippen molar-refractivity contribution >= 4 is 11.9 Å². The molecule has 1 aromatic carbocycles. The highest BCUT2D eigenvalue weighted by Crippen LogP contribution is 2.24. The van der Waals surface area contributed by atoms with E-state index in [4.69, 9.17) is 5.11 Å². The summed E-state index contributed by atoms with van der Waals surface area (Å²) in [6.45, 7) is 5.48. The minimum atomic E-state index is -0.776. The van der Waals surface area contributed by atoms with Gasteiger partial charge in [0.2, 0.25) is 5.91 Å². The lowest BCUT2D eigenvalue weighted by Crippen LogP contribution is -2.42. The number of aliphatic carboxylic acids is 1. The fourth-order valence-electron chi connectivity index (χ4n) is 4.54. The van der Waals surface area contributed by atoms with Crippen LogP contribution in [0.3, 0.4) is 0 Å². The minimum absolute atomic E-state index is 0.0730. The number of carbonyl (C=O) groups excluding carboxylic acids is 1. The van der Waals surface area contributed by atoms with Gasteiger partial charge in [0.05, 0.1) is 31.0 Å². The standard InChI is InChI=1S/C22H27FN4O3/c1-15-19-7-9-26(21(28)14-25-8-6-17(11-25)10-22(29)30)13-20(19)27(24-15)12-16-2-4-18(23)5-3-16/h2-5,17H,6-14H2,1H3,(H,29,30). The molecule has 1 fully saturated rings. The SMILES string of the molecule is Cc1nn(Cc2ccc(F)cc2)c2c1CCN(C(=O)CN1CCC(CC(=O)O)C1)C2. The van der Waals surface area contributed by atoms with Gasteiger partial charge in [-0.1, -0.05) is 12.1 Å². The Hall–Kier alpha value is -2.74. The molecule has 8 heteroatoms. The highest BCUT2D eigenvalue weighted by Gasteiger charge is 2.30. The molecule has 1 unspecified atom stereocenters. The number of hydrogen-bond donors (Lipinski definition) is 1. The lowest BCUT2D eigenvalue weighted by molar-refractivity contribution is -0.138. The first kappa shape index (κ1) is 20.5. The van der Waals surface area contributed by atoms with Gasteiger partial charge in [-0.15, -0.1) is 0 Å². The van der Waals surface area contributed by atoms with E-state index in [1.807, 2.05) is 16.5 Å². The highest BCUT2D eigenvalue weighted by molar-refractivity contribution is 5.78. The number of fused-ring (bicyclic) bond motifs is 1. The lowest BCUT2D eigenvalue weighted by Gasteiger charge is -2.29. The van der Waals surface area contributed by atoms with Crippen LogP contribution >= 0.6 is 0 Å². The van der Waals surface area contributed by atoms with E-state index < -0.39 is 5.97 Å². The molecule has 4 rings (SSSR count). The van der Waals surface area contributed by atoms with E-state index in [0.29, 0.717) is 32.7 Å². The van der Waals surface area contributed by atoms with Gasteiger partial charge in [0.1, 0.15) is 5.82 Å². The number of nitrogens with zero attached hydrogens (tertiary/aromatic N) is 4. The van der Waals surface area contributed by atoms with Crippen LogP contribution in [0.25, 0.3) is 0 Å². The summed E-state index contributed by atoms with van der Waals surface area (Å²) in [5, 5.41) is 13.6. The van der Waals surface area contributed by atoms with Crippen LogP contribution in [0.4, 0.5) is 4.39 Å². The quantitative estimate of drug-likeness (QED) is 0.783. The second-order valence-electron chi connectivity index (χ2n) is 8.35. The normalized spacial score (nSPS) is 19.1. The summed E-state index contributed by atoms with van der Waals surface area (Å²) in [5.41, 5.74) is 4.19. The molecule has 30 heavy (non-hydrogen) atoms. The lowest BCUT2D eigenvalue weighted by atomic mass is 10.0. The van der Waals surface area contributed by atoms with Gasteiger partial charge in [0.25, 0.3) is 0 Å². The van der Waals surface area contributed by atoms with E-state index in [-0.39, 0.29) is 24.1 Å². The molecule has 1 atom stereocenters. The smallest absolute Gasteiger partial charge is 0.303 e. The number of amides is 1. The van der Waals surface area contributed by atoms with Crippen molar-refractivity contribution in [3.05, 3.63) is 52.6 Å². The zero-order valence-electron chi connectivity index (χ0n) is 17.2. The molecule has 3 heterocycles. The maximum absolute atomic E-state index is 13.2. The number of aryl methyl sites for hydroxylation is 1. The Bertz CT molecular complexity index is 941. The minimum Gasteiger partial charge on any atom is -0.481 e. The molecule has 7 nitrogen and oxygen atoms in total. The largest absolute Gasteiger partial charge is 0.481 e. The van der Waals surface area contributed by atoms with E-state index in [0.717, 1.165) is 36.3 Å². The molecule has 1 N–H and O–H groups in total. The topological polar surface area (TPSA) is 78.7 Å². The Morgan fingerprint density at radius 1 is 1.23 bits per heavy atom. The molecule has 1 amide bonds. The van der Waals surface area contributed by atoms with Gasteiger partial charge in [-0.3, -0.25) is 19.2 Å². The van der Waals surface area contributed by atoms with Gasteiger partial charge in [-0.25, -0.2) is 4.39 Å². The number of rotatable bonds is 6. The molecule has 2 aromatic rings. The summed E-state index contributed by atoms with van der Waals surface area (Å²) < 4.78 is 15.1. The molecule has 0 radical (unpaired) electrons. The first-order valence-corrected chi connectivity index (χ1v) is 10.4. The van der Waals surface area contributed by atoms with Crippen LogP contribution in [0.5, 0.6) is 0 Å². The van der Waals surface area contributed by atoms with Crippen LogP contribution in [0, 0.1) is 18.7 Å². The van der Waals surface area contributed by atoms with Gasteiger partial charge in [0, 0.05) is 19.5 Å². The van der Waals surface area contributed by atoms with Crippen molar-refractivity contribution in [1.82, 2.24) is 19.6 Å². The third kappa shape index (κ3) is 4.53. The van der Waals surface area contributed by atoms with Crippen molar-refractivity contribution < 1.29 is 19.1 Å². The molecule has 0 spiro atoms. The fourth-order valence-corrected chi connectivity index (χ4v) is 4.54. The van der Waals surface area contributed by atoms with Crippen molar-refractivity contribution in [3.8, 4) is 0 Å². The average Bonchev–Trinajstić information content (AvgIpc) is 3.27. The molecular weight excluding hydrogens is 387 g/mol. The molecule has 0 bridgehead atoms. The second kappa shape index (κ2) is 8.55. The third-order valence-corrected chi connectivity index (χ3v) is 6.13. The van der Waals surface area contributed by atoms with Crippen molar-refractivity contribution in [1.29, 1.82) is 0 Å². The summed E-state index contributed by atoms with van der Waals surface area (Å²) in [7, 11) is 0. The molecule has 1 saturated heterocycles. The molecule has 0 saturated carbocycles. The Kier molecular flexibility index (Phi) is 5.85. The number of hydrogen-bond acceptors (Lipinski definition) is 4. The third-order valence-electron chi connectivity index (χ3n) is 6.13. The highest BCUT2D eigenvalue weighted by atomic mass is 19.1. The van der Waals surface area contributed by atoms with E-state index >= 15 is 0 Å². The Balaban J connectivity index is 1.41. The van der Waals surface area contributed by atoms with Crippen LogP contribution in [0.1, 0.15) is 35.4 Å². The molecule has 1 aromatic heterocycles. The fraction of sp³-hybridized carbons (Fsp3) is 0.500. The second-order valence-corrected chi connectivity index (χ2v) is 8.35. The predicted octanol–water partition coefficient (Wildman–Crippen LogP) is 2.06. The van der Waals surface area contributed by atoms with E-state index in [1.165, 1.54) is 17.7 Å². The number of likely N-dealkylation sites (tertiary alicyclic amines) is 1. The summed E-state index contributed by atoms with van der Waals surface area (Å²) in [6.07, 6.45) is 1.77. The maximum Gasteiger partial charge on any atom is 0.303 e. The first-order chi connectivity index (χ1) is 14.4. The van der Waals surface area contributed by atoms with Crippen molar-refractivity contribution in [2.45, 2.75) is 39.3 Å². The zero-order valence-corrected chi connectivity index (χ0v) is 17.2. The van der Waals surface area contributed by atoms with Crippen molar-refractivity contribution in [2.75, 3.05) is 26.2 Å². The van der Waals surface area contributed by atoms with Gasteiger partial charge in [-0.05, 0) is 55.5 Å². The van der Waals surface area contributed by atoms with Crippen molar-refractivity contribution in [3.63, 3.8) is 0 Å². The molecular formula is C22H27FN4O3. The molecule has 0 aliphatic carbocycles.